The van der Waals surface area contributed by atoms with Gasteiger partial charge in [0.2, 0.25) is 0 Å². The zero-order chi connectivity index (χ0) is 14.6. The average Bonchev–Trinajstić information content (AvgIpc) is 3.32. The molecular weight excluding hydrogens is 254 g/mol. The van der Waals surface area contributed by atoms with E-state index in [1.807, 2.05) is 31.2 Å². The van der Waals surface area contributed by atoms with Crippen molar-refractivity contribution in [3.63, 3.8) is 0 Å². The Bertz CT molecular complexity index is 453. The maximum Gasteiger partial charge on any atom is 0.330 e. The molecule has 4 nitrogen and oxygen atoms in total. The molecule has 0 aliphatic heterocycles. The van der Waals surface area contributed by atoms with Gasteiger partial charge in [0, 0.05) is 0 Å². The lowest BCUT2D eigenvalue weighted by atomic mass is 9.87. The van der Waals surface area contributed by atoms with Crippen molar-refractivity contribution in [1.82, 2.24) is 5.32 Å². The molecule has 0 heterocycles. The molecule has 110 valence electrons. The number of methoxy groups -OCH3 is 2. The van der Waals surface area contributed by atoms with Crippen LogP contribution in [0.2, 0.25) is 0 Å². The number of carbonyl (C=O) groups excluding carboxylic acids is 1. The van der Waals surface area contributed by atoms with E-state index in [9.17, 15) is 4.79 Å². The van der Waals surface area contributed by atoms with E-state index >= 15 is 0 Å². The number of carbonyl (C=O) groups is 1. The molecule has 2 rings (SSSR count). The third-order valence-corrected chi connectivity index (χ3v) is 4.04. The van der Waals surface area contributed by atoms with Gasteiger partial charge < -0.3 is 9.47 Å². The smallest absolute Gasteiger partial charge is 0.330 e. The highest BCUT2D eigenvalue weighted by Crippen LogP contribution is 2.32. The Morgan fingerprint density at radius 1 is 1.30 bits per heavy atom. The van der Waals surface area contributed by atoms with Crippen LogP contribution in [0.15, 0.2) is 24.3 Å². The van der Waals surface area contributed by atoms with Crippen LogP contribution in [0.4, 0.5) is 0 Å². The van der Waals surface area contributed by atoms with Gasteiger partial charge in [-0.15, -0.1) is 0 Å². The molecular formula is C16H23NO3. The fraction of sp³-hybridized carbons (Fsp3) is 0.562. The van der Waals surface area contributed by atoms with Gasteiger partial charge in [-0.25, -0.2) is 4.79 Å². The average molecular weight is 277 g/mol. The lowest BCUT2D eigenvalue weighted by molar-refractivity contribution is -0.149. The first-order valence-corrected chi connectivity index (χ1v) is 7.14. The second-order valence-electron chi connectivity index (χ2n) is 5.30. The van der Waals surface area contributed by atoms with Crippen LogP contribution in [0.5, 0.6) is 5.75 Å². The number of rotatable bonds is 7. The summed E-state index contributed by atoms with van der Waals surface area (Å²) >= 11 is 0. The van der Waals surface area contributed by atoms with Crippen molar-refractivity contribution in [2.75, 3.05) is 20.8 Å². The molecule has 20 heavy (non-hydrogen) atoms. The molecule has 0 spiro atoms. The van der Waals surface area contributed by atoms with Crippen molar-refractivity contribution in [3.8, 4) is 5.75 Å². The summed E-state index contributed by atoms with van der Waals surface area (Å²) in [6.45, 7) is 2.86. The van der Waals surface area contributed by atoms with Gasteiger partial charge in [-0.1, -0.05) is 19.1 Å². The molecule has 1 saturated carbocycles. The minimum atomic E-state index is -0.760. The Hall–Kier alpha value is -1.55. The first-order chi connectivity index (χ1) is 9.66. The summed E-state index contributed by atoms with van der Waals surface area (Å²) in [6, 6.07) is 7.61. The van der Waals surface area contributed by atoms with Crippen LogP contribution in [-0.4, -0.2) is 26.7 Å². The van der Waals surface area contributed by atoms with Gasteiger partial charge in [0.05, 0.1) is 14.2 Å². The Balaban J connectivity index is 2.28. The van der Waals surface area contributed by atoms with Crippen LogP contribution >= 0.6 is 0 Å². The second kappa shape index (κ2) is 6.27. The molecule has 0 amide bonds. The predicted molar refractivity (Wildman–Crippen MR) is 77.7 cm³/mol. The molecule has 1 fully saturated rings. The Morgan fingerprint density at radius 2 is 1.95 bits per heavy atom. The van der Waals surface area contributed by atoms with Crippen molar-refractivity contribution >= 4 is 5.97 Å². The number of benzene rings is 1. The Morgan fingerprint density at radius 3 is 2.40 bits per heavy atom. The van der Waals surface area contributed by atoms with Crippen LogP contribution in [0.1, 0.15) is 31.7 Å². The van der Waals surface area contributed by atoms with Gasteiger partial charge >= 0.3 is 5.97 Å². The Labute approximate surface area is 120 Å². The summed E-state index contributed by atoms with van der Waals surface area (Å²) in [4.78, 5) is 12.3. The van der Waals surface area contributed by atoms with E-state index in [2.05, 4.69) is 5.32 Å². The highest BCUT2D eigenvalue weighted by molar-refractivity contribution is 5.82. The number of hydrogen-bond acceptors (Lipinski definition) is 4. The van der Waals surface area contributed by atoms with Gasteiger partial charge in [0.1, 0.15) is 11.3 Å². The van der Waals surface area contributed by atoms with Crippen molar-refractivity contribution in [1.29, 1.82) is 0 Å². The van der Waals surface area contributed by atoms with Gasteiger partial charge in [-0.3, -0.25) is 5.32 Å². The SMILES string of the molecule is CCC(NCC1CC1)(C(=O)OC)c1ccc(OC)cc1. The standard InChI is InChI=1S/C16H23NO3/c1-4-16(15(18)20-3,17-11-12-5-6-12)13-7-9-14(19-2)10-8-13/h7-10,12,17H,4-6,11H2,1-3H3. The predicted octanol–water partition coefficient (Wildman–Crippen LogP) is 2.47. The molecule has 0 bridgehead atoms. The van der Waals surface area contributed by atoms with E-state index < -0.39 is 5.54 Å². The van der Waals surface area contributed by atoms with Gasteiger partial charge in [-0.05, 0) is 49.4 Å². The van der Waals surface area contributed by atoms with E-state index in [1.54, 1.807) is 7.11 Å². The zero-order valence-corrected chi connectivity index (χ0v) is 12.4. The molecule has 1 aromatic rings. The normalized spacial score (nSPS) is 17.4. The first kappa shape index (κ1) is 14.9. The van der Waals surface area contributed by atoms with E-state index in [0.717, 1.165) is 17.9 Å². The number of hydrogen-bond donors (Lipinski definition) is 1. The minimum absolute atomic E-state index is 0.231. The van der Waals surface area contributed by atoms with Crippen LogP contribution in [-0.2, 0) is 15.1 Å². The fourth-order valence-corrected chi connectivity index (χ4v) is 2.46. The second-order valence-corrected chi connectivity index (χ2v) is 5.30. The van der Waals surface area contributed by atoms with E-state index in [4.69, 9.17) is 9.47 Å². The highest BCUT2D eigenvalue weighted by atomic mass is 16.5. The number of esters is 1. The van der Waals surface area contributed by atoms with E-state index in [-0.39, 0.29) is 5.97 Å². The largest absolute Gasteiger partial charge is 0.497 e. The van der Waals surface area contributed by atoms with Gasteiger partial charge in [0.15, 0.2) is 0 Å². The summed E-state index contributed by atoms with van der Waals surface area (Å²) in [6.07, 6.45) is 3.14. The molecule has 1 atom stereocenters. The summed E-state index contributed by atoms with van der Waals surface area (Å²) in [5.41, 5.74) is 0.164. The summed E-state index contributed by atoms with van der Waals surface area (Å²) in [7, 11) is 3.07. The van der Waals surface area contributed by atoms with Crippen LogP contribution in [0.3, 0.4) is 0 Å². The molecule has 0 aromatic heterocycles. The summed E-state index contributed by atoms with van der Waals surface area (Å²) in [5, 5.41) is 3.43. The number of nitrogens with one attached hydrogen (secondary N) is 1. The third-order valence-electron chi connectivity index (χ3n) is 4.04. The molecule has 1 aromatic carbocycles. The third kappa shape index (κ3) is 2.96. The lowest BCUT2D eigenvalue weighted by Gasteiger charge is -2.32. The van der Waals surface area contributed by atoms with Crippen LogP contribution in [0.25, 0.3) is 0 Å². The Kier molecular flexibility index (Phi) is 4.65. The summed E-state index contributed by atoms with van der Waals surface area (Å²) in [5.74, 6) is 1.25. The van der Waals surface area contributed by atoms with Crippen LogP contribution in [0, 0.1) is 5.92 Å². The van der Waals surface area contributed by atoms with Crippen LogP contribution < -0.4 is 10.1 Å². The minimum Gasteiger partial charge on any atom is -0.497 e. The maximum atomic E-state index is 12.3. The highest BCUT2D eigenvalue weighted by Gasteiger charge is 2.40. The van der Waals surface area contributed by atoms with E-state index in [1.165, 1.54) is 20.0 Å². The topological polar surface area (TPSA) is 47.6 Å². The quantitative estimate of drug-likeness (QED) is 0.778. The van der Waals surface area contributed by atoms with Crippen molar-refractivity contribution in [2.24, 2.45) is 5.92 Å². The molecule has 4 heteroatoms. The molecule has 1 aliphatic rings. The number of ether oxygens (including phenoxy) is 2. The van der Waals surface area contributed by atoms with Crippen molar-refractivity contribution in [3.05, 3.63) is 29.8 Å². The fourth-order valence-electron chi connectivity index (χ4n) is 2.46. The van der Waals surface area contributed by atoms with Gasteiger partial charge in [-0.2, -0.15) is 0 Å². The van der Waals surface area contributed by atoms with E-state index in [0.29, 0.717) is 12.3 Å². The molecule has 1 aliphatic carbocycles. The monoisotopic (exact) mass is 277 g/mol. The first-order valence-electron chi connectivity index (χ1n) is 7.14. The lowest BCUT2D eigenvalue weighted by Crippen LogP contribution is -2.50. The summed E-state index contributed by atoms with van der Waals surface area (Å²) < 4.78 is 10.2. The molecule has 0 radical (unpaired) electrons. The molecule has 0 saturated heterocycles. The maximum absolute atomic E-state index is 12.3. The van der Waals surface area contributed by atoms with Crippen molar-refractivity contribution in [2.45, 2.75) is 31.7 Å². The van der Waals surface area contributed by atoms with Gasteiger partial charge in [0.25, 0.3) is 0 Å². The zero-order valence-electron chi connectivity index (χ0n) is 12.4. The van der Waals surface area contributed by atoms with Crippen molar-refractivity contribution < 1.29 is 14.3 Å². The molecule has 1 N–H and O–H groups in total. The molecule has 1 unspecified atom stereocenters.